The van der Waals surface area contributed by atoms with Gasteiger partial charge in [0, 0.05) is 0 Å². The van der Waals surface area contributed by atoms with Crippen LogP contribution in [0.15, 0.2) is 36.4 Å². The molecule has 91 valence electrons. The Morgan fingerprint density at radius 3 is 2.31 bits per heavy atom. The van der Waals surface area contributed by atoms with E-state index in [9.17, 15) is 0 Å². The van der Waals surface area contributed by atoms with Crippen LogP contribution in [0.1, 0.15) is 13.8 Å². The van der Waals surface area contributed by atoms with E-state index in [1.54, 1.807) is 0 Å². The molecule has 2 aromatic rings. The number of rotatable bonds is 1. The summed E-state index contributed by atoms with van der Waals surface area (Å²) in [4.78, 5) is 0. The molecule has 0 aromatic heterocycles. The molecule has 0 fully saturated rings. The van der Waals surface area contributed by atoms with Crippen LogP contribution in [-0.4, -0.2) is 7.28 Å². The molecule has 0 aliphatic heterocycles. The van der Waals surface area contributed by atoms with Gasteiger partial charge in [0.25, 0.3) is 0 Å². The molecule has 0 unspecified atom stereocenters. The van der Waals surface area contributed by atoms with E-state index in [0.29, 0.717) is 0 Å². The summed E-state index contributed by atoms with van der Waals surface area (Å²) in [6.07, 6.45) is 0. The summed E-state index contributed by atoms with van der Waals surface area (Å²) in [6.45, 7) is 6.18. The average Bonchev–Trinajstić information content (AvgIpc) is 2.31. The number of hydrogen-bond acceptors (Lipinski definition) is 0. The van der Waals surface area contributed by atoms with Gasteiger partial charge in [0.15, 0.2) is 0 Å². The molecule has 0 aliphatic rings. The van der Waals surface area contributed by atoms with E-state index in [-0.39, 0.29) is 7.43 Å². The first-order chi connectivity index (χ1) is 6.92. The standard InChI is InChI=1S/C11H10B.C2H6.CH3.Es/c1-12-11-8-4-6-9-5-2-3-7-10(9)11;1-2;;/h2-5,7-8,12H,1H3;1-2H3;1H3;/q-1;;-1;. The SMILES string of the molecule is CBc1cc[c-]c2ccccc12.CC.[CH3-].[Es]. The van der Waals surface area contributed by atoms with Crippen molar-refractivity contribution in [1.82, 2.24) is 0 Å². The van der Waals surface area contributed by atoms with Gasteiger partial charge in [-0.05, 0) is 0 Å². The maximum atomic E-state index is 3.23. The molecule has 0 saturated carbocycles. The van der Waals surface area contributed by atoms with Crippen molar-refractivity contribution in [1.29, 1.82) is 0 Å². The molecule has 0 nitrogen and oxygen atoms in total. The van der Waals surface area contributed by atoms with Crippen molar-refractivity contribution in [2.75, 3.05) is 0 Å². The second-order valence-corrected chi connectivity index (χ2v) is 2.90. The molecular weight excluding hydrogens is 431 g/mol. The second kappa shape index (κ2) is 8.10. The Labute approximate surface area is 94.6 Å². The van der Waals surface area contributed by atoms with E-state index < -0.39 is 0 Å². The maximum absolute atomic E-state index is 3.23. The predicted molar refractivity (Wildman–Crippen MR) is 73.2 cm³/mol. The number of fused-ring (bicyclic) bond motifs is 1. The summed E-state index contributed by atoms with van der Waals surface area (Å²) in [7, 11) is 1.09. The Hall–Kier alpha value is -2.24. The zero-order valence-corrected chi connectivity index (χ0v) is 13.0. The zero-order valence-electron chi connectivity index (χ0n) is 10.5. The van der Waals surface area contributed by atoms with Crippen LogP contribution in [0, 0.1) is 13.5 Å². The summed E-state index contributed by atoms with van der Waals surface area (Å²) >= 11 is 0. The monoisotopic (exact) mass is 450 g/mol. The van der Waals surface area contributed by atoms with Crippen LogP contribution >= 0.6 is 0 Å². The van der Waals surface area contributed by atoms with E-state index in [1.165, 1.54) is 16.2 Å². The zero-order chi connectivity index (χ0) is 10.4. The van der Waals surface area contributed by atoms with Crippen molar-refractivity contribution >= 4 is 23.5 Å². The van der Waals surface area contributed by atoms with Crippen molar-refractivity contribution in [3.05, 3.63) is 49.9 Å². The third-order valence-corrected chi connectivity index (χ3v) is 2.18. The van der Waals surface area contributed by atoms with E-state index in [1.807, 2.05) is 19.9 Å². The smallest absolute Gasteiger partial charge is 0.132 e. The van der Waals surface area contributed by atoms with Gasteiger partial charge in [0.2, 0.25) is 0 Å². The summed E-state index contributed by atoms with van der Waals surface area (Å²) < 4.78 is 0. The predicted octanol–water partition coefficient (Wildman–Crippen LogP) is 3.23. The minimum atomic E-state index is 0. The molecule has 0 heterocycles. The van der Waals surface area contributed by atoms with Crippen LogP contribution in [0.5, 0.6) is 0 Å². The van der Waals surface area contributed by atoms with Crippen LogP contribution in [0.2, 0.25) is 6.82 Å². The van der Waals surface area contributed by atoms with Crippen molar-refractivity contribution in [2.24, 2.45) is 0 Å². The van der Waals surface area contributed by atoms with Crippen LogP contribution in [0.25, 0.3) is 10.8 Å². The van der Waals surface area contributed by atoms with Gasteiger partial charge >= 0.3 is 0 Å². The summed E-state index contributed by atoms with van der Waals surface area (Å²) in [5, 5.41) is 2.55. The summed E-state index contributed by atoms with van der Waals surface area (Å²) in [5.74, 6) is 0. The molecule has 0 atom stereocenters. The van der Waals surface area contributed by atoms with Crippen molar-refractivity contribution in [3.8, 4) is 0 Å². The first-order valence-electron chi connectivity index (χ1n) is 5.30. The Bertz CT molecular complexity index is 393. The van der Waals surface area contributed by atoms with E-state index in [0.717, 1.165) is 7.28 Å². The first kappa shape index (κ1) is 16.2. The Balaban J connectivity index is 0. The van der Waals surface area contributed by atoms with Gasteiger partial charge < -0.3 is 7.43 Å². The third-order valence-electron chi connectivity index (χ3n) is 2.18. The Morgan fingerprint density at radius 1 is 1.06 bits per heavy atom. The van der Waals surface area contributed by atoms with E-state index >= 15 is 0 Å². The fraction of sp³-hybridized carbons (Fsp3) is 0.214. The van der Waals surface area contributed by atoms with Crippen molar-refractivity contribution in [3.63, 3.8) is 0 Å². The molecule has 2 aromatic carbocycles. The minimum absolute atomic E-state index is 0. The first-order valence-corrected chi connectivity index (χ1v) is 5.30. The second-order valence-electron chi connectivity index (χ2n) is 2.90. The van der Waals surface area contributed by atoms with E-state index in [2.05, 4.69) is 43.2 Å². The largest absolute Gasteiger partial charge is 0.358 e. The molecular formula is C14H19BEs-2. The quantitative estimate of drug-likeness (QED) is 0.463. The van der Waals surface area contributed by atoms with Crippen molar-refractivity contribution < 1.29 is 0 Å². The average molecular weight is 450 g/mol. The molecule has 16 heavy (non-hydrogen) atoms. The topological polar surface area (TPSA) is 0 Å². The maximum Gasteiger partial charge on any atom is 0.132 e. The minimum Gasteiger partial charge on any atom is -0.358 e. The van der Waals surface area contributed by atoms with Crippen LogP contribution in [0.3, 0.4) is 0 Å². The van der Waals surface area contributed by atoms with Crippen molar-refractivity contribution in [2.45, 2.75) is 20.7 Å². The molecule has 0 spiro atoms. The van der Waals surface area contributed by atoms with E-state index in [4.69, 9.17) is 0 Å². The summed E-state index contributed by atoms with van der Waals surface area (Å²) in [5.41, 5.74) is 1.41. The molecule has 2 heteroatoms. The molecule has 0 bridgehead atoms. The molecule has 0 amide bonds. The summed E-state index contributed by atoms with van der Waals surface area (Å²) in [6, 6.07) is 15.8. The normalized spacial score (nSPS) is 7.94. The molecule has 2 rings (SSSR count). The molecule has 0 aliphatic carbocycles. The number of benzene rings is 2. The van der Waals surface area contributed by atoms with Gasteiger partial charge in [0.05, 0.1) is 0 Å². The Morgan fingerprint density at radius 2 is 1.69 bits per heavy atom. The molecule has 0 saturated heterocycles. The van der Waals surface area contributed by atoms with Gasteiger partial charge in [-0.15, -0.1) is 41.1 Å². The third kappa shape index (κ3) is 3.16. The van der Waals surface area contributed by atoms with Gasteiger partial charge in [-0.3, -0.25) is 0 Å². The number of hydrogen-bond donors (Lipinski definition) is 0. The fourth-order valence-electron chi connectivity index (χ4n) is 1.52. The van der Waals surface area contributed by atoms with Crippen LogP contribution in [-0.2, 0) is 0 Å². The van der Waals surface area contributed by atoms with Gasteiger partial charge in [-0.1, -0.05) is 32.8 Å². The van der Waals surface area contributed by atoms with Gasteiger partial charge in [-0.2, -0.15) is 5.46 Å². The fourth-order valence-corrected chi connectivity index (χ4v) is 1.52. The van der Waals surface area contributed by atoms with Gasteiger partial charge in [0.1, 0.15) is 7.28 Å². The Kier molecular flexibility index (Phi) is 8.21. The van der Waals surface area contributed by atoms with Crippen LogP contribution < -0.4 is 5.46 Å². The van der Waals surface area contributed by atoms with Gasteiger partial charge in [-0.25, -0.2) is 0 Å². The molecule has 0 N–H and O–H groups in total. The van der Waals surface area contributed by atoms with Crippen LogP contribution in [0.4, 0.5) is 0 Å². The molecule has 1 radical (unpaired) electrons.